The van der Waals surface area contributed by atoms with E-state index in [2.05, 4.69) is 4.74 Å². The predicted molar refractivity (Wildman–Crippen MR) is 99.5 cm³/mol. The van der Waals surface area contributed by atoms with Crippen LogP contribution >= 0.6 is 0 Å². The van der Waals surface area contributed by atoms with E-state index in [1.165, 1.54) is 19.2 Å². The van der Waals surface area contributed by atoms with Gasteiger partial charge in [0, 0.05) is 11.6 Å². The quantitative estimate of drug-likeness (QED) is 0.303. The largest absolute Gasteiger partial charge is 0.478 e. The van der Waals surface area contributed by atoms with Gasteiger partial charge in [-0.25, -0.2) is 4.79 Å². The van der Waals surface area contributed by atoms with Crippen molar-refractivity contribution in [1.29, 1.82) is 0 Å². The van der Waals surface area contributed by atoms with Crippen LogP contribution in [0.3, 0.4) is 0 Å². The Kier molecular flexibility index (Phi) is 6.65. The van der Waals surface area contributed by atoms with Crippen molar-refractivity contribution in [2.75, 3.05) is 13.7 Å². The first-order valence-corrected chi connectivity index (χ1v) is 8.55. The second-order valence-electron chi connectivity index (χ2n) is 5.84. The Morgan fingerprint density at radius 3 is 2.41 bits per heavy atom. The zero-order valence-corrected chi connectivity index (χ0v) is 15.5. The summed E-state index contributed by atoms with van der Waals surface area (Å²) in [6.45, 7) is 3.62. The number of ketones is 1. The molecule has 0 saturated heterocycles. The molecule has 2 rings (SSSR count). The van der Waals surface area contributed by atoms with E-state index < -0.39 is 16.6 Å². The van der Waals surface area contributed by atoms with Crippen molar-refractivity contribution in [2.45, 2.75) is 26.7 Å². The molecule has 2 aromatic rings. The summed E-state index contributed by atoms with van der Waals surface area (Å²) >= 11 is 0. The normalized spacial score (nSPS) is 10.3. The Morgan fingerprint density at radius 1 is 1.07 bits per heavy atom. The van der Waals surface area contributed by atoms with Gasteiger partial charge >= 0.3 is 11.7 Å². The summed E-state index contributed by atoms with van der Waals surface area (Å²) < 4.78 is 9.97. The van der Waals surface area contributed by atoms with E-state index in [0.717, 1.165) is 23.6 Å². The van der Waals surface area contributed by atoms with E-state index in [1.807, 2.05) is 32.0 Å². The Labute approximate surface area is 157 Å². The number of nitrogens with zero attached hydrogens (tertiary/aromatic N) is 1. The fourth-order valence-corrected chi connectivity index (χ4v) is 2.66. The number of hydrogen-bond acceptors (Lipinski definition) is 6. The number of aryl methyl sites for hydroxylation is 2. The summed E-state index contributed by atoms with van der Waals surface area (Å²) in [6, 6.07) is 9.45. The zero-order chi connectivity index (χ0) is 20.0. The standard InChI is InChI=1S/C20H21NO6/c1-4-13-6-7-14(5-2)16(10-13)18(22)12-27-19-9-8-15(20(23)26-3)11-17(19)21(24)25/h6-11H,4-5,12H2,1-3H3. The molecular weight excluding hydrogens is 350 g/mol. The van der Waals surface area contributed by atoms with Gasteiger partial charge in [-0.3, -0.25) is 14.9 Å². The first kappa shape index (κ1) is 20.1. The number of hydrogen-bond donors (Lipinski definition) is 0. The van der Waals surface area contributed by atoms with Crippen LogP contribution in [0.1, 0.15) is 45.7 Å². The summed E-state index contributed by atoms with van der Waals surface area (Å²) in [5.41, 5.74) is 2.13. The minimum Gasteiger partial charge on any atom is -0.478 e. The highest BCUT2D eigenvalue weighted by Gasteiger charge is 2.21. The number of carbonyl (C=O) groups is 2. The van der Waals surface area contributed by atoms with Gasteiger partial charge < -0.3 is 9.47 Å². The summed E-state index contributed by atoms with van der Waals surface area (Å²) in [5.74, 6) is -1.02. The number of carbonyl (C=O) groups excluding carboxylic acids is 2. The third-order valence-corrected chi connectivity index (χ3v) is 4.20. The van der Waals surface area contributed by atoms with Crippen molar-refractivity contribution in [2.24, 2.45) is 0 Å². The third kappa shape index (κ3) is 4.69. The van der Waals surface area contributed by atoms with Crippen LogP contribution in [0.5, 0.6) is 5.75 Å². The predicted octanol–water partition coefficient (Wildman–Crippen LogP) is 3.77. The molecule has 0 heterocycles. The molecule has 0 radical (unpaired) electrons. The molecule has 0 saturated carbocycles. The molecule has 0 atom stereocenters. The monoisotopic (exact) mass is 371 g/mol. The topological polar surface area (TPSA) is 95.7 Å². The van der Waals surface area contributed by atoms with Crippen LogP contribution < -0.4 is 4.74 Å². The Morgan fingerprint density at radius 2 is 1.81 bits per heavy atom. The first-order chi connectivity index (χ1) is 12.9. The minimum atomic E-state index is -0.690. The number of esters is 1. The molecule has 0 aliphatic carbocycles. The van der Waals surface area contributed by atoms with Crippen LogP contribution in [-0.2, 0) is 17.6 Å². The highest BCUT2D eigenvalue weighted by Crippen LogP contribution is 2.28. The van der Waals surface area contributed by atoms with Crippen molar-refractivity contribution in [3.8, 4) is 5.75 Å². The van der Waals surface area contributed by atoms with Crippen LogP contribution in [-0.4, -0.2) is 30.4 Å². The Bertz CT molecular complexity index is 875. The number of rotatable bonds is 8. The lowest BCUT2D eigenvalue weighted by Gasteiger charge is -2.11. The zero-order valence-electron chi connectivity index (χ0n) is 15.5. The fraction of sp³-hybridized carbons (Fsp3) is 0.300. The summed E-state index contributed by atoms with van der Waals surface area (Å²) in [6.07, 6.45) is 1.49. The summed E-state index contributed by atoms with van der Waals surface area (Å²) in [4.78, 5) is 34.7. The molecule has 0 bridgehead atoms. The maximum absolute atomic E-state index is 12.6. The first-order valence-electron chi connectivity index (χ1n) is 8.55. The molecule has 0 aliphatic rings. The van der Waals surface area contributed by atoms with Gasteiger partial charge in [0.1, 0.15) is 0 Å². The molecule has 27 heavy (non-hydrogen) atoms. The van der Waals surface area contributed by atoms with E-state index in [0.29, 0.717) is 12.0 Å². The number of nitro benzene ring substituents is 1. The lowest BCUT2D eigenvalue weighted by atomic mass is 9.98. The molecule has 0 N–H and O–H groups in total. The van der Waals surface area contributed by atoms with Crippen LogP contribution in [0.25, 0.3) is 0 Å². The highest BCUT2D eigenvalue weighted by atomic mass is 16.6. The van der Waals surface area contributed by atoms with Crippen molar-refractivity contribution >= 4 is 17.4 Å². The van der Waals surface area contributed by atoms with Crippen molar-refractivity contribution < 1.29 is 24.0 Å². The SMILES string of the molecule is CCc1ccc(CC)c(C(=O)COc2ccc(C(=O)OC)cc2[N+](=O)[O-])c1. The number of ether oxygens (including phenoxy) is 2. The lowest BCUT2D eigenvalue weighted by molar-refractivity contribution is -0.385. The Balaban J connectivity index is 2.24. The molecule has 0 spiro atoms. The van der Waals surface area contributed by atoms with Gasteiger partial charge in [0.15, 0.2) is 18.1 Å². The van der Waals surface area contributed by atoms with Gasteiger partial charge in [-0.05, 0) is 42.2 Å². The van der Waals surface area contributed by atoms with Crippen molar-refractivity contribution in [1.82, 2.24) is 0 Å². The number of benzene rings is 2. The second-order valence-corrected chi connectivity index (χ2v) is 5.84. The van der Waals surface area contributed by atoms with Crippen LogP contribution in [0.15, 0.2) is 36.4 Å². The minimum absolute atomic E-state index is 0.0341. The van der Waals surface area contributed by atoms with E-state index in [1.54, 1.807) is 0 Å². The van der Waals surface area contributed by atoms with Gasteiger partial charge in [0.2, 0.25) is 0 Å². The lowest BCUT2D eigenvalue weighted by Crippen LogP contribution is -2.15. The highest BCUT2D eigenvalue weighted by molar-refractivity contribution is 5.99. The van der Waals surface area contributed by atoms with Crippen molar-refractivity contribution in [3.63, 3.8) is 0 Å². The molecule has 0 aliphatic heterocycles. The maximum atomic E-state index is 12.6. The molecule has 142 valence electrons. The van der Waals surface area contributed by atoms with E-state index in [4.69, 9.17) is 4.74 Å². The van der Waals surface area contributed by atoms with Gasteiger partial charge in [-0.15, -0.1) is 0 Å². The molecule has 7 nitrogen and oxygen atoms in total. The fourth-order valence-electron chi connectivity index (χ4n) is 2.66. The van der Waals surface area contributed by atoms with Gasteiger partial charge in [0.05, 0.1) is 17.6 Å². The summed E-state index contributed by atoms with van der Waals surface area (Å²) in [7, 11) is 1.19. The second kappa shape index (κ2) is 8.93. The van der Waals surface area contributed by atoms with Crippen LogP contribution in [0.2, 0.25) is 0 Å². The summed E-state index contributed by atoms with van der Waals surface area (Å²) in [5, 5.41) is 11.3. The van der Waals surface area contributed by atoms with Gasteiger partial charge in [-0.2, -0.15) is 0 Å². The van der Waals surface area contributed by atoms with Crippen molar-refractivity contribution in [3.05, 3.63) is 68.8 Å². The van der Waals surface area contributed by atoms with Gasteiger partial charge in [-0.1, -0.05) is 26.0 Å². The molecule has 7 heteroatoms. The molecular formula is C20H21NO6. The molecule has 0 fully saturated rings. The average molecular weight is 371 g/mol. The van der Waals surface area contributed by atoms with E-state index in [9.17, 15) is 19.7 Å². The van der Waals surface area contributed by atoms with Crippen LogP contribution in [0.4, 0.5) is 5.69 Å². The Hall–Kier alpha value is -3.22. The maximum Gasteiger partial charge on any atom is 0.338 e. The molecule has 2 aromatic carbocycles. The average Bonchev–Trinajstić information content (AvgIpc) is 2.70. The molecule has 0 aromatic heterocycles. The third-order valence-electron chi connectivity index (χ3n) is 4.20. The van der Waals surface area contributed by atoms with E-state index >= 15 is 0 Å². The van der Waals surface area contributed by atoms with Gasteiger partial charge in [0.25, 0.3) is 0 Å². The number of Topliss-reactive ketones (excluding diaryl/α,β-unsaturated/α-hetero) is 1. The van der Waals surface area contributed by atoms with Crippen LogP contribution in [0, 0.1) is 10.1 Å². The molecule has 0 amide bonds. The number of nitro groups is 1. The number of methoxy groups -OCH3 is 1. The molecule has 0 unspecified atom stereocenters. The van der Waals surface area contributed by atoms with E-state index in [-0.39, 0.29) is 23.7 Å². The smallest absolute Gasteiger partial charge is 0.338 e.